The highest BCUT2D eigenvalue weighted by Crippen LogP contribution is 2.21. The first-order chi connectivity index (χ1) is 14.1. The Balaban J connectivity index is 1.34. The van der Waals surface area contributed by atoms with Crippen LogP contribution in [0.25, 0.3) is 0 Å². The quantitative estimate of drug-likeness (QED) is 0.771. The number of aromatic nitrogens is 1. The molecule has 156 valence electrons. The van der Waals surface area contributed by atoms with E-state index in [-0.39, 0.29) is 5.91 Å². The molecule has 1 amide bonds. The Bertz CT molecular complexity index is 784. The first-order valence-electron chi connectivity index (χ1n) is 10.6. The maximum absolute atomic E-state index is 13.0. The molecule has 0 saturated carbocycles. The number of anilines is 2. The van der Waals surface area contributed by atoms with E-state index < -0.39 is 0 Å². The number of rotatable bonds is 4. The molecule has 0 bridgehead atoms. The average Bonchev–Trinajstić information content (AvgIpc) is 3.18. The van der Waals surface area contributed by atoms with E-state index in [4.69, 9.17) is 0 Å². The Hall–Kier alpha value is -2.12. The van der Waals surface area contributed by atoms with Crippen LogP contribution in [-0.2, 0) is 0 Å². The summed E-state index contributed by atoms with van der Waals surface area (Å²) in [6.45, 7) is 12.2. The summed E-state index contributed by atoms with van der Waals surface area (Å²) >= 11 is 1.67. The maximum atomic E-state index is 13.0. The predicted octanol–water partition coefficient (Wildman–Crippen LogP) is 3.03. The molecule has 0 unspecified atom stereocenters. The minimum Gasteiger partial charge on any atom is -0.369 e. The van der Waals surface area contributed by atoms with Crippen molar-refractivity contribution in [3.05, 3.63) is 41.4 Å². The summed E-state index contributed by atoms with van der Waals surface area (Å²) in [5, 5.41) is 3.06. The first kappa shape index (κ1) is 20.2. The molecular weight excluding hydrogens is 382 g/mol. The van der Waals surface area contributed by atoms with Crippen LogP contribution < -0.4 is 9.80 Å². The Morgan fingerprint density at radius 2 is 1.66 bits per heavy atom. The molecule has 0 spiro atoms. The van der Waals surface area contributed by atoms with Crippen molar-refractivity contribution in [2.75, 3.05) is 62.2 Å². The Labute approximate surface area is 177 Å². The minimum atomic E-state index is 0.141. The number of nitrogens with zero attached hydrogens (tertiary/aromatic N) is 5. The second-order valence-corrected chi connectivity index (χ2v) is 8.98. The molecule has 0 N–H and O–H groups in total. The normalized spacial score (nSPS) is 18.9. The summed E-state index contributed by atoms with van der Waals surface area (Å²) in [4.78, 5) is 26.7. The number of carbonyl (C=O) groups is 1. The number of carbonyl (C=O) groups excluding carboxylic acids is 1. The van der Waals surface area contributed by atoms with Gasteiger partial charge in [-0.25, -0.2) is 4.98 Å². The fourth-order valence-corrected chi connectivity index (χ4v) is 4.87. The van der Waals surface area contributed by atoms with Crippen LogP contribution >= 0.6 is 11.3 Å². The minimum absolute atomic E-state index is 0.141. The summed E-state index contributed by atoms with van der Waals surface area (Å²) in [5.41, 5.74) is 2.01. The lowest BCUT2D eigenvalue weighted by atomic mass is 10.1. The highest BCUT2D eigenvalue weighted by atomic mass is 32.1. The van der Waals surface area contributed by atoms with Gasteiger partial charge in [0, 0.05) is 81.2 Å². The van der Waals surface area contributed by atoms with E-state index >= 15 is 0 Å². The molecule has 1 aromatic heterocycles. The van der Waals surface area contributed by atoms with Gasteiger partial charge in [0.1, 0.15) is 0 Å². The number of hydrogen-bond acceptors (Lipinski definition) is 6. The van der Waals surface area contributed by atoms with Gasteiger partial charge >= 0.3 is 0 Å². The molecule has 3 heterocycles. The van der Waals surface area contributed by atoms with Crippen molar-refractivity contribution in [1.29, 1.82) is 0 Å². The molecule has 2 aliphatic rings. The second kappa shape index (κ2) is 9.13. The number of hydrogen-bond donors (Lipinski definition) is 0. The van der Waals surface area contributed by atoms with E-state index in [9.17, 15) is 4.79 Å². The lowest BCUT2D eigenvalue weighted by Crippen LogP contribution is -2.48. The molecule has 0 aliphatic carbocycles. The van der Waals surface area contributed by atoms with Crippen LogP contribution in [0.15, 0.2) is 35.8 Å². The molecule has 1 aromatic carbocycles. The zero-order valence-electron chi connectivity index (χ0n) is 17.5. The number of amides is 1. The van der Waals surface area contributed by atoms with E-state index in [0.29, 0.717) is 6.04 Å². The van der Waals surface area contributed by atoms with Gasteiger partial charge < -0.3 is 14.7 Å². The van der Waals surface area contributed by atoms with Gasteiger partial charge in [-0.3, -0.25) is 9.69 Å². The third kappa shape index (κ3) is 4.73. The van der Waals surface area contributed by atoms with Crippen molar-refractivity contribution in [3.8, 4) is 0 Å². The predicted molar refractivity (Wildman–Crippen MR) is 120 cm³/mol. The van der Waals surface area contributed by atoms with E-state index in [1.54, 1.807) is 11.3 Å². The lowest BCUT2D eigenvalue weighted by Gasteiger charge is -2.38. The van der Waals surface area contributed by atoms with Crippen molar-refractivity contribution in [3.63, 3.8) is 0 Å². The summed E-state index contributed by atoms with van der Waals surface area (Å²) in [6, 6.07) is 8.82. The average molecular weight is 414 g/mol. The zero-order chi connectivity index (χ0) is 20.2. The van der Waals surface area contributed by atoms with Crippen LogP contribution in [0.2, 0.25) is 0 Å². The molecule has 2 aromatic rings. The third-order valence-corrected chi connectivity index (χ3v) is 6.83. The van der Waals surface area contributed by atoms with Crippen LogP contribution in [0.3, 0.4) is 0 Å². The molecule has 7 heteroatoms. The van der Waals surface area contributed by atoms with Crippen LogP contribution in [0, 0.1) is 0 Å². The maximum Gasteiger partial charge on any atom is 0.253 e. The fraction of sp³-hybridized carbons (Fsp3) is 0.545. The van der Waals surface area contributed by atoms with Crippen LogP contribution in [0.5, 0.6) is 0 Å². The molecule has 0 atom stereocenters. The van der Waals surface area contributed by atoms with Gasteiger partial charge in [-0.2, -0.15) is 0 Å². The Morgan fingerprint density at radius 3 is 2.31 bits per heavy atom. The van der Waals surface area contributed by atoms with E-state index in [1.807, 2.05) is 28.6 Å². The monoisotopic (exact) mass is 413 g/mol. The van der Waals surface area contributed by atoms with Gasteiger partial charge in [0.15, 0.2) is 5.13 Å². The van der Waals surface area contributed by atoms with E-state index in [1.165, 1.54) is 5.69 Å². The van der Waals surface area contributed by atoms with Crippen molar-refractivity contribution in [1.82, 2.24) is 14.8 Å². The smallest absolute Gasteiger partial charge is 0.253 e. The van der Waals surface area contributed by atoms with Crippen LogP contribution in [-0.4, -0.2) is 79.1 Å². The lowest BCUT2D eigenvalue weighted by molar-refractivity contribution is 0.0767. The first-order valence-corrected chi connectivity index (χ1v) is 11.5. The van der Waals surface area contributed by atoms with Gasteiger partial charge in [-0.1, -0.05) is 0 Å². The van der Waals surface area contributed by atoms with Gasteiger partial charge in [0.25, 0.3) is 5.91 Å². The van der Waals surface area contributed by atoms with Crippen LogP contribution in [0.4, 0.5) is 10.8 Å². The third-order valence-electron chi connectivity index (χ3n) is 6.00. The second-order valence-electron chi connectivity index (χ2n) is 8.11. The molecule has 2 aliphatic heterocycles. The van der Waals surface area contributed by atoms with Gasteiger partial charge in [-0.05, 0) is 44.5 Å². The fourth-order valence-electron chi connectivity index (χ4n) is 4.18. The number of piperazine rings is 1. The Kier molecular flexibility index (Phi) is 6.35. The summed E-state index contributed by atoms with van der Waals surface area (Å²) in [6.07, 6.45) is 2.82. The molecule has 2 saturated heterocycles. The number of benzene rings is 1. The van der Waals surface area contributed by atoms with Crippen LogP contribution in [0.1, 0.15) is 30.6 Å². The number of thiazole rings is 1. The molecule has 29 heavy (non-hydrogen) atoms. The van der Waals surface area contributed by atoms with Gasteiger partial charge in [0.05, 0.1) is 0 Å². The van der Waals surface area contributed by atoms with E-state index in [2.05, 4.69) is 45.7 Å². The van der Waals surface area contributed by atoms with Gasteiger partial charge in [0.2, 0.25) is 0 Å². The topological polar surface area (TPSA) is 42.9 Å². The highest BCUT2D eigenvalue weighted by Gasteiger charge is 2.22. The molecule has 6 nitrogen and oxygen atoms in total. The molecule has 0 radical (unpaired) electrons. The standard InChI is InChI=1S/C22H31N5OS/c1-18(2)24-11-13-25(14-12-24)20-6-4-19(5-7-20)21(28)26-9-3-10-27(16-15-26)22-23-8-17-29-22/h4-8,17-18H,3,9-16H2,1-2H3. The van der Waals surface area contributed by atoms with Crippen molar-refractivity contribution < 1.29 is 4.79 Å². The van der Waals surface area contributed by atoms with Gasteiger partial charge in [-0.15, -0.1) is 11.3 Å². The van der Waals surface area contributed by atoms with E-state index in [0.717, 1.165) is 69.5 Å². The molecule has 4 rings (SSSR count). The largest absolute Gasteiger partial charge is 0.369 e. The molecule has 2 fully saturated rings. The van der Waals surface area contributed by atoms with Crippen molar-refractivity contribution in [2.45, 2.75) is 26.3 Å². The zero-order valence-corrected chi connectivity index (χ0v) is 18.3. The summed E-state index contributed by atoms with van der Waals surface area (Å²) < 4.78 is 0. The van der Waals surface area contributed by atoms with Crippen molar-refractivity contribution in [2.24, 2.45) is 0 Å². The SMILES string of the molecule is CC(C)N1CCN(c2ccc(C(=O)N3CCCN(c4nccs4)CC3)cc2)CC1. The Morgan fingerprint density at radius 1 is 0.931 bits per heavy atom. The summed E-state index contributed by atoms with van der Waals surface area (Å²) in [7, 11) is 0. The van der Waals surface area contributed by atoms with Crippen molar-refractivity contribution >= 4 is 28.1 Å². The summed E-state index contributed by atoms with van der Waals surface area (Å²) in [5.74, 6) is 0.141. The highest BCUT2D eigenvalue weighted by molar-refractivity contribution is 7.13. The molecular formula is C22H31N5OS.